The number of hydrogen-bond donors (Lipinski definition) is 1. The lowest BCUT2D eigenvalue weighted by molar-refractivity contribution is 0.774. The van der Waals surface area contributed by atoms with Gasteiger partial charge in [0.1, 0.15) is 0 Å². The van der Waals surface area contributed by atoms with Gasteiger partial charge in [-0.2, -0.15) is 0 Å². The third-order valence-electron chi connectivity index (χ3n) is 3.30. The van der Waals surface area contributed by atoms with Gasteiger partial charge in [-0.15, -0.1) is 0 Å². The van der Waals surface area contributed by atoms with Crippen molar-refractivity contribution >= 4 is 33.2 Å². The van der Waals surface area contributed by atoms with Crippen molar-refractivity contribution in [2.24, 2.45) is 0 Å². The molecule has 92 valence electrons. The third-order valence-corrected chi connectivity index (χ3v) is 4.02. The molecule has 18 heavy (non-hydrogen) atoms. The Morgan fingerprint density at radius 2 is 1.89 bits per heavy atom. The van der Waals surface area contributed by atoms with Crippen LogP contribution in [0.4, 0.5) is 5.69 Å². The van der Waals surface area contributed by atoms with Crippen LogP contribution in [0.2, 0.25) is 5.02 Å². The number of rotatable bonds is 2. The fourth-order valence-electron chi connectivity index (χ4n) is 2.50. The summed E-state index contributed by atoms with van der Waals surface area (Å²) >= 11 is 9.52. The van der Waals surface area contributed by atoms with Crippen molar-refractivity contribution in [1.29, 1.82) is 0 Å². The molecule has 1 N–H and O–H groups in total. The Bertz CT molecular complexity index is 582. The standard InChI is InChI=1S/C15H13BrClN/c16-12-2-1-3-14(9-12)18-15-7-10-4-5-13(17)6-11(10)8-15/h1-6,9,15,18H,7-8H2. The molecule has 2 aromatic carbocycles. The Balaban J connectivity index is 1.74. The molecule has 0 radical (unpaired) electrons. The Hall–Kier alpha value is -0.990. The van der Waals surface area contributed by atoms with Crippen molar-refractivity contribution in [2.75, 3.05) is 5.32 Å². The van der Waals surface area contributed by atoms with Gasteiger partial charge in [0, 0.05) is 21.2 Å². The van der Waals surface area contributed by atoms with E-state index >= 15 is 0 Å². The first kappa shape index (κ1) is 12.1. The molecule has 2 aromatic rings. The van der Waals surface area contributed by atoms with Gasteiger partial charge in [-0.05, 0) is 54.3 Å². The van der Waals surface area contributed by atoms with E-state index in [0.717, 1.165) is 28.0 Å². The van der Waals surface area contributed by atoms with E-state index < -0.39 is 0 Å². The minimum Gasteiger partial charge on any atom is -0.382 e. The van der Waals surface area contributed by atoms with Crippen LogP contribution in [0.15, 0.2) is 46.9 Å². The van der Waals surface area contributed by atoms with Gasteiger partial charge in [0.2, 0.25) is 0 Å². The minimum absolute atomic E-state index is 0.466. The smallest absolute Gasteiger partial charge is 0.0408 e. The highest BCUT2D eigenvalue weighted by Crippen LogP contribution is 2.27. The molecular formula is C15H13BrClN. The van der Waals surface area contributed by atoms with Crippen molar-refractivity contribution in [3.8, 4) is 0 Å². The molecule has 0 aliphatic heterocycles. The lowest BCUT2D eigenvalue weighted by Gasteiger charge is -2.13. The van der Waals surface area contributed by atoms with Crippen LogP contribution in [0.5, 0.6) is 0 Å². The van der Waals surface area contributed by atoms with Gasteiger partial charge in [-0.1, -0.05) is 39.7 Å². The SMILES string of the molecule is Clc1ccc2c(c1)CC(Nc1cccc(Br)c1)C2. The second-order valence-electron chi connectivity index (χ2n) is 4.67. The maximum atomic E-state index is 6.03. The maximum Gasteiger partial charge on any atom is 0.0408 e. The summed E-state index contributed by atoms with van der Waals surface area (Å²) in [5.74, 6) is 0. The van der Waals surface area contributed by atoms with Gasteiger partial charge in [-0.25, -0.2) is 0 Å². The first-order valence-electron chi connectivity index (χ1n) is 6.00. The molecule has 0 saturated carbocycles. The lowest BCUT2D eigenvalue weighted by Crippen LogP contribution is -2.19. The van der Waals surface area contributed by atoms with E-state index in [1.165, 1.54) is 11.1 Å². The monoisotopic (exact) mass is 321 g/mol. The molecule has 0 saturated heterocycles. The normalized spacial score (nSPS) is 17.6. The highest BCUT2D eigenvalue weighted by molar-refractivity contribution is 9.10. The number of halogens is 2. The third kappa shape index (κ3) is 2.55. The summed E-state index contributed by atoms with van der Waals surface area (Å²) in [7, 11) is 0. The zero-order chi connectivity index (χ0) is 12.5. The summed E-state index contributed by atoms with van der Waals surface area (Å²) in [5, 5.41) is 4.41. The van der Waals surface area contributed by atoms with E-state index in [2.05, 4.69) is 45.5 Å². The van der Waals surface area contributed by atoms with Crippen molar-refractivity contribution in [3.63, 3.8) is 0 Å². The van der Waals surface area contributed by atoms with Crippen molar-refractivity contribution in [2.45, 2.75) is 18.9 Å². The molecule has 3 rings (SSSR count). The highest BCUT2D eigenvalue weighted by atomic mass is 79.9. The first-order valence-corrected chi connectivity index (χ1v) is 7.17. The quantitative estimate of drug-likeness (QED) is 0.846. The van der Waals surface area contributed by atoms with E-state index in [9.17, 15) is 0 Å². The molecule has 1 atom stereocenters. The number of fused-ring (bicyclic) bond motifs is 1. The average Bonchev–Trinajstić information content (AvgIpc) is 2.70. The van der Waals surface area contributed by atoms with Gasteiger partial charge in [0.05, 0.1) is 0 Å². The Kier molecular flexibility index (Phi) is 3.31. The summed E-state index contributed by atoms with van der Waals surface area (Å²) in [6, 6.07) is 14.9. The van der Waals surface area contributed by atoms with Crippen LogP contribution in [0.1, 0.15) is 11.1 Å². The zero-order valence-electron chi connectivity index (χ0n) is 9.79. The van der Waals surface area contributed by atoms with E-state index in [0.29, 0.717) is 6.04 Å². The first-order chi connectivity index (χ1) is 8.70. The minimum atomic E-state index is 0.466. The Morgan fingerprint density at radius 3 is 2.72 bits per heavy atom. The predicted molar refractivity (Wildman–Crippen MR) is 80.4 cm³/mol. The molecule has 1 aliphatic carbocycles. The van der Waals surface area contributed by atoms with Crippen molar-refractivity contribution in [1.82, 2.24) is 0 Å². The van der Waals surface area contributed by atoms with Gasteiger partial charge in [-0.3, -0.25) is 0 Å². The van der Waals surface area contributed by atoms with Crippen molar-refractivity contribution < 1.29 is 0 Å². The number of nitrogens with one attached hydrogen (secondary N) is 1. The van der Waals surface area contributed by atoms with Gasteiger partial charge in [0.25, 0.3) is 0 Å². The molecule has 1 aliphatic rings. The molecule has 0 fully saturated rings. The average molecular weight is 323 g/mol. The number of anilines is 1. The van der Waals surface area contributed by atoms with Crippen LogP contribution in [0.25, 0.3) is 0 Å². The lowest BCUT2D eigenvalue weighted by atomic mass is 10.1. The highest BCUT2D eigenvalue weighted by Gasteiger charge is 2.21. The van der Waals surface area contributed by atoms with Crippen LogP contribution < -0.4 is 5.32 Å². The molecule has 1 unspecified atom stereocenters. The molecule has 0 aromatic heterocycles. The summed E-state index contributed by atoms with van der Waals surface area (Å²) in [5.41, 5.74) is 3.94. The molecule has 0 heterocycles. The van der Waals surface area contributed by atoms with Crippen molar-refractivity contribution in [3.05, 3.63) is 63.1 Å². The molecular weight excluding hydrogens is 310 g/mol. The second kappa shape index (κ2) is 4.94. The van der Waals surface area contributed by atoms with E-state index in [-0.39, 0.29) is 0 Å². The zero-order valence-corrected chi connectivity index (χ0v) is 12.1. The Labute approximate surface area is 120 Å². The van der Waals surface area contributed by atoms with Crippen LogP contribution >= 0.6 is 27.5 Å². The molecule has 0 spiro atoms. The Morgan fingerprint density at radius 1 is 1.06 bits per heavy atom. The topological polar surface area (TPSA) is 12.0 Å². The summed E-state index contributed by atoms with van der Waals surface area (Å²) < 4.78 is 1.10. The van der Waals surface area contributed by atoms with Gasteiger partial charge >= 0.3 is 0 Å². The predicted octanol–water partition coefficient (Wildman–Crippen LogP) is 4.68. The van der Waals surface area contributed by atoms with Crippen LogP contribution in [-0.4, -0.2) is 6.04 Å². The molecule has 0 amide bonds. The summed E-state index contributed by atoms with van der Waals surface area (Å²) in [4.78, 5) is 0. The molecule has 0 bridgehead atoms. The largest absolute Gasteiger partial charge is 0.382 e. The fourth-order valence-corrected chi connectivity index (χ4v) is 3.10. The van der Waals surface area contributed by atoms with Crippen LogP contribution in [0.3, 0.4) is 0 Å². The number of benzene rings is 2. The van der Waals surface area contributed by atoms with Crippen LogP contribution in [0, 0.1) is 0 Å². The summed E-state index contributed by atoms with van der Waals surface area (Å²) in [6.45, 7) is 0. The maximum absolute atomic E-state index is 6.03. The molecule has 1 nitrogen and oxygen atoms in total. The van der Waals surface area contributed by atoms with Crippen LogP contribution in [-0.2, 0) is 12.8 Å². The van der Waals surface area contributed by atoms with E-state index in [4.69, 9.17) is 11.6 Å². The molecule has 3 heteroatoms. The van der Waals surface area contributed by atoms with Gasteiger partial charge < -0.3 is 5.32 Å². The fraction of sp³-hybridized carbons (Fsp3) is 0.200. The van der Waals surface area contributed by atoms with Gasteiger partial charge in [0.15, 0.2) is 0 Å². The second-order valence-corrected chi connectivity index (χ2v) is 6.03. The van der Waals surface area contributed by atoms with E-state index in [1.54, 1.807) is 0 Å². The number of hydrogen-bond acceptors (Lipinski definition) is 1. The van der Waals surface area contributed by atoms with E-state index in [1.807, 2.05) is 18.2 Å². The summed E-state index contributed by atoms with van der Waals surface area (Å²) in [6.07, 6.45) is 2.11.